The molecule has 4 N–H and O–H groups in total. The first kappa shape index (κ1) is 32.5. The van der Waals surface area contributed by atoms with Crippen LogP contribution < -0.4 is 10.2 Å². The number of likely N-dealkylation sites (tertiary alicyclic amines) is 1. The van der Waals surface area contributed by atoms with Crippen molar-refractivity contribution < 1.29 is 24.1 Å². The van der Waals surface area contributed by atoms with Gasteiger partial charge in [0.25, 0.3) is 5.91 Å². The van der Waals surface area contributed by atoms with Gasteiger partial charge in [-0.15, -0.1) is 0 Å². The van der Waals surface area contributed by atoms with E-state index >= 15 is 0 Å². The van der Waals surface area contributed by atoms with Crippen LogP contribution in [0.5, 0.6) is 5.75 Å². The number of nitrogens with one attached hydrogen (secondary N) is 2. The number of aryl methyl sites for hydroxylation is 1. The van der Waals surface area contributed by atoms with Crippen molar-refractivity contribution in [2.75, 3.05) is 45.9 Å². The molecule has 252 valence electrons. The van der Waals surface area contributed by atoms with Gasteiger partial charge in [0.05, 0.1) is 29.6 Å². The second kappa shape index (κ2) is 13.4. The van der Waals surface area contributed by atoms with Crippen LogP contribution >= 0.6 is 11.3 Å². The fourth-order valence-electron chi connectivity index (χ4n) is 7.19. The van der Waals surface area contributed by atoms with Crippen molar-refractivity contribution >= 4 is 38.4 Å². The van der Waals surface area contributed by atoms with Crippen LogP contribution in [0.15, 0.2) is 65.5 Å². The molecule has 5 aromatic rings. The van der Waals surface area contributed by atoms with E-state index in [2.05, 4.69) is 15.2 Å². The fraction of sp³-hybridized carbons (Fsp3) is 0.389. The summed E-state index contributed by atoms with van der Waals surface area (Å²) in [7, 11) is 1.94. The highest BCUT2D eigenvalue weighted by Gasteiger charge is 2.41. The molecule has 1 atom stereocenters. The minimum Gasteiger partial charge on any atom is -0.506 e. The maximum atomic E-state index is 14.7. The van der Waals surface area contributed by atoms with E-state index < -0.39 is 6.10 Å². The van der Waals surface area contributed by atoms with Crippen molar-refractivity contribution in [1.29, 1.82) is 0 Å². The van der Waals surface area contributed by atoms with E-state index in [1.165, 1.54) is 6.07 Å². The highest BCUT2D eigenvalue weighted by molar-refractivity contribution is 7.16. The molecule has 3 aromatic carbocycles. The number of thiazole rings is 1. The second-order valence-electron chi connectivity index (χ2n) is 13.0. The highest BCUT2D eigenvalue weighted by atomic mass is 32.1. The van der Waals surface area contributed by atoms with Crippen molar-refractivity contribution in [3.8, 4) is 5.75 Å². The van der Waals surface area contributed by atoms with Gasteiger partial charge in [0.15, 0.2) is 0 Å². The number of benzene rings is 3. The zero-order valence-electron chi connectivity index (χ0n) is 26.9. The lowest BCUT2D eigenvalue weighted by Gasteiger charge is -2.47. The lowest BCUT2D eigenvalue weighted by atomic mass is 9.89. The third-order valence-corrected chi connectivity index (χ3v) is 10.7. The Hall–Kier alpha value is -4.07. The fourth-order valence-corrected chi connectivity index (χ4v) is 8.11. The number of para-hydroxylation sites is 1. The van der Waals surface area contributed by atoms with Crippen LogP contribution in [0.2, 0.25) is 0 Å². The van der Waals surface area contributed by atoms with E-state index in [9.17, 15) is 24.2 Å². The number of carbonyl (C=O) groups is 1. The van der Waals surface area contributed by atoms with Gasteiger partial charge in [-0.2, -0.15) is 0 Å². The van der Waals surface area contributed by atoms with Crippen molar-refractivity contribution in [2.45, 2.75) is 37.5 Å². The number of ether oxygens (including phenoxy) is 1. The second-order valence-corrected chi connectivity index (χ2v) is 14.0. The number of aliphatic hydroxyl groups excluding tert-OH is 1. The first-order chi connectivity index (χ1) is 23.2. The summed E-state index contributed by atoms with van der Waals surface area (Å²) in [6.45, 7) is 4.64. The van der Waals surface area contributed by atoms with Gasteiger partial charge in [0.2, 0.25) is 0 Å². The van der Waals surface area contributed by atoms with Crippen LogP contribution in [-0.4, -0.2) is 86.9 Å². The topological polar surface area (TPSA) is 123 Å². The summed E-state index contributed by atoms with van der Waals surface area (Å²) in [5.74, 6) is -0.272. The number of amides is 1. The number of nitrogens with zero attached hydrogens (tertiary/aromatic N) is 3. The van der Waals surface area contributed by atoms with Crippen LogP contribution in [0.1, 0.15) is 46.1 Å². The number of phenolic OH excluding ortho intramolecular Hbond substituents is 1. The van der Waals surface area contributed by atoms with E-state index in [4.69, 9.17) is 4.74 Å². The number of hydrogen-bond donors (Lipinski definition) is 4. The van der Waals surface area contributed by atoms with Crippen LogP contribution in [0.3, 0.4) is 0 Å². The molecule has 2 aliphatic rings. The predicted octanol–water partition coefficient (Wildman–Crippen LogP) is 4.30. The molecule has 2 saturated heterocycles. The van der Waals surface area contributed by atoms with Gasteiger partial charge in [-0.3, -0.25) is 14.5 Å². The first-order valence-corrected chi connectivity index (χ1v) is 17.2. The van der Waals surface area contributed by atoms with Crippen molar-refractivity contribution in [2.24, 2.45) is 7.05 Å². The number of aromatic hydroxyl groups is 1. The molecular formula is C36H40FN5O5S. The molecule has 1 amide bonds. The summed E-state index contributed by atoms with van der Waals surface area (Å²) in [5, 5.41) is 25.1. The van der Waals surface area contributed by atoms with Gasteiger partial charge >= 0.3 is 4.87 Å². The zero-order chi connectivity index (χ0) is 33.4. The molecule has 10 nitrogen and oxygen atoms in total. The summed E-state index contributed by atoms with van der Waals surface area (Å²) < 4.78 is 23.5. The molecule has 4 heterocycles. The van der Waals surface area contributed by atoms with Crippen molar-refractivity contribution in [3.05, 3.63) is 98.5 Å². The largest absolute Gasteiger partial charge is 0.506 e. The summed E-state index contributed by atoms with van der Waals surface area (Å²) in [5.41, 5.74) is 4.03. The maximum absolute atomic E-state index is 14.7. The van der Waals surface area contributed by atoms with Gasteiger partial charge in [0, 0.05) is 56.2 Å². The number of hydrogen-bond acceptors (Lipinski definition) is 8. The third kappa shape index (κ3) is 6.63. The summed E-state index contributed by atoms with van der Waals surface area (Å²) in [6, 6.07) is 18.3. The Balaban J connectivity index is 0.913. The number of rotatable bonds is 9. The third-order valence-electron chi connectivity index (χ3n) is 9.77. The molecule has 1 spiro atoms. The molecule has 48 heavy (non-hydrogen) atoms. The lowest BCUT2D eigenvalue weighted by Crippen LogP contribution is -2.58. The van der Waals surface area contributed by atoms with Gasteiger partial charge in [-0.1, -0.05) is 41.7 Å². The van der Waals surface area contributed by atoms with Crippen LogP contribution in [0.4, 0.5) is 4.39 Å². The van der Waals surface area contributed by atoms with Crippen LogP contribution in [0, 0.1) is 5.82 Å². The zero-order valence-corrected chi connectivity index (χ0v) is 27.7. The number of halogens is 1. The number of piperidine rings is 1. The van der Waals surface area contributed by atoms with Crippen LogP contribution in [-0.2, 0) is 24.8 Å². The molecule has 12 heteroatoms. The Kier molecular flexibility index (Phi) is 9.10. The number of aliphatic hydroxyl groups is 1. The summed E-state index contributed by atoms with van der Waals surface area (Å²) >= 11 is 0.954. The van der Waals surface area contributed by atoms with Crippen LogP contribution in [0.25, 0.3) is 21.1 Å². The minimum absolute atomic E-state index is 0.0311. The van der Waals surface area contributed by atoms with Crippen molar-refractivity contribution in [3.63, 3.8) is 0 Å². The number of H-pyrrole nitrogens is 1. The number of aromatic nitrogens is 2. The normalized spacial score (nSPS) is 17.4. The molecule has 0 bridgehead atoms. The SMILES string of the molecule is Cn1c(C(=O)N2CCOC3(CCN(Cc4cc(F)cc(CCNCC(O)c5ccc(O)c6[nH]c(=O)sc56)c4)CC3)C2)cc2ccccc21. The van der Waals surface area contributed by atoms with E-state index in [1.807, 2.05) is 52.9 Å². The Bertz CT molecular complexity index is 2010. The molecule has 2 aromatic heterocycles. The van der Waals surface area contributed by atoms with Gasteiger partial charge < -0.3 is 34.7 Å². The number of aromatic amines is 1. The molecule has 2 aliphatic heterocycles. The standard InChI is InChI=1S/C36H40FN5O5S/c1-40-28-5-3-2-4-25(28)19-29(40)34(45)42-14-15-47-36(22-42)9-12-41(13-10-36)21-24-16-23(17-26(37)18-24)8-11-38-20-31(44)27-6-7-30(43)32-33(27)48-35(46)39-32/h2-7,16-19,31,38,43-44H,8-15,20-22H2,1H3,(H,39,46). The number of fused-ring (bicyclic) bond motifs is 2. The average Bonchev–Trinajstić information content (AvgIpc) is 3.64. The molecule has 7 rings (SSSR count). The van der Waals surface area contributed by atoms with Gasteiger partial charge in [0.1, 0.15) is 22.8 Å². The van der Waals surface area contributed by atoms with Gasteiger partial charge in [-0.05, 0) is 67.3 Å². The average molecular weight is 674 g/mol. The Labute approximate surface area is 281 Å². The van der Waals surface area contributed by atoms with E-state index in [1.54, 1.807) is 18.2 Å². The monoisotopic (exact) mass is 673 g/mol. The Morgan fingerprint density at radius 3 is 2.71 bits per heavy atom. The molecular weight excluding hydrogens is 633 g/mol. The number of phenols is 1. The quantitative estimate of drug-likeness (QED) is 0.172. The smallest absolute Gasteiger partial charge is 0.305 e. The van der Waals surface area contributed by atoms with E-state index in [0.29, 0.717) is 60.7 Å². The molecule has 2 fully saturated rings. The minimum atomic E-state index is -0.873. The molecule has 0 radical (unpaired) electrons. The highest BCUT2D eigenvalue weighted by Crippen LogP contribution is 2.33. The molecule has 0 aliphatic carbocycles. The lowest BCUT2D eigenvalue weighted by molar-refractivity contribution is -0.128. The van der Waals surface area contributed by atoms with Gasteiger partial charge in [-0.25, -0.2) is 4.39 Å². The number of carbonyl (C=O) groups excluding carboxylic acids is 1. The van der Waals surface area contributed by atoms with E-state index in [0.717, 1.165) is 59.3 Å². The summed E-state index contributed by atoms with van der Waals surface area (Å²) in [6.07, 6.45) is 1.31. The molecule has 1 unspecified atom stereocenters. The summed E-state index contributed by atoms with van der Waals surface area (Å²) in [4.78, 5) is 32.0. The Morgan fingerprint density at radius 1 is 1.10 bits per heavy atom. The molecule has 0 saturated carbocycles. The predicted molar refractivity (Wildman–Crippen MR) is 184 cm³/mol. The maximum Gasteiger partial charge on any atom is 0.305 e. The number of morpholine rings is 1. The van der Waals surface area contributed by atoms with E-state index in [-0.39, 0.29) is 34.5 Å². The first-order valence-electron chi connectivity index (χ1n) is 16.4. The van der Waals surface area contributed by atoms with Crippen molar-refractivity contribution in [1.82, 2.24) is 24.7 Å². The Morgan fingerprint density at radius 2 is 1.90 bits per heavy atom.